The van der Waals surface area contributed by atoms with Crippen LogP contribution in [0.4, 0.5) is 0 Å². The standard InChI is InChI=1S/C18H22BrNO3/c19-15-5-3-4-14(12-15)18(8-1-2-9-18)17(23)20-10-6-13(7-11-20)16(21)22/h3-5,12-13H,1-2,6-11H2,(H,21,22). The van der Waals surface area contributed by atoms with Gasteiger partial charge in [0.2, 0.25) is 5.91 Å². The number of amides is 1. The lowest BCUT2D eigenvalue weighted by molar-refractivity contribution is -0.147. The SMILES string of the molecule is O=C(O)C1CCN(C(=O)C2(c3cccc(Br)c3)CCCC2)CC1. The first-order chi connectivity index (χ1) is 11.0. The van der Waals surface area contributed by atoms with E-state index in [1.807, 2.05) is 17.0 Å². The number of hydrogen-bond acceptors (Lipinski definition) is 2. The first-order valence-corrected chi connectivity index (χ1v) is 9.10. The molecule has 3 rings (SSSR count). The topological polar surface area (TPSA) is 57.6 Å². The van der Waals surface area contributed by atoms with Crippen molar-refractivity contribution in [3.05, 3.63) is 34.3 Å². The van der Waals surface area contributed by atoms with Crippen molar-refractivity contribution in [2.75, 3.05) is 13.1 Å². The summed E-state index contributed by atoms with van der Waals surface area (Å²) in [5.74, 6) is -0.846. The first-order valence-electron chi connectivity index (χ1n) is 8.31. The van der Waals surface area contributed by atoms with Crippen molar-refractivity contribution in [1.82, 2.24) is 4.90 Å². The lowest BCUT2D eigenvalue weighted by atomic mass is 9.77. The van der Waals surface area contributed by atoms with Crippen molar-refractivity contribution >= 4 is 27.8 Å². The molecule has 0 unspecified atom stereocenters. The highest BCUT2D eigenvalue weighted by Crippen LogP contribution is 2.43. The summed E-state index contributed by atoms with van der Waals surface area (Å²) in [6.45, 7) is 1.12. The number of rotatable bonds is 3. The summed E-state index contributed by atoms with van der Waals surface area (Å²) in [4.78, 5) is 26.3. The molecule has 124 valence electrons. The van der Waals surface area contributed by atoms with E-state index in [1.165, 1.54) is 0 Å². The minimum atomic E-state index is -0.736. The molecule has 1 saturated carbocycles. The maximum absolute atomic E-state index is 13.3. The van der Waals surface area contributed by atoms with Crippen molar-refractivity contribution in [3.8, 4) is 0 Å². The summed E-state index contributed by atoms with van der Waals surface area (Å²) in [6, 6.07) is 8.09. The van der Waals surface area contributed by atoms with Crippen LogP contribution >= 0.6 is 15.9 Å². The summed E-state index contributed by atoms with van der Waals surface area (Å²) in [7, 11) is 0. The van der Waals surface area contributed by atoms with E-state index in [9.17, 15) is 9.59 Å². The second-order valence-corrected chi connectivity index (χ2v) is 7.62. The van der Waals surface area contributed by atoms with Gasteiger partial charge in [-0.3, -0.25) is 9.59 Å². The Morgan fingerprint density at radius 2 is 1.83 bits per heavy atom. The minimum Gasteiger partial charge on any atom is -0.481 e. The third kappa shape index (κ3) is 3.16. The second kappa shape index (κ2) is 6.63. The van der Waals surface area contributed by atoms with Crippen LogP contribution in [-0.2, 0) is 15.0 Å². The van der Waals surface area contributed by atoms with Gasteiger partial charge in [-0.1, -0.05) is 40.9 Å². The molecule has 0 atom stereocenters. The van der Waals surface area contributed by atoms with Crippen LogP contribution < -0.4 is 0 Å². The number of nitrogens with zero attached hydrogens (tertiary/aromatic N) is 1. The van der Waals surface area contributed by atoms with Crippen LogP contribution in [0.3, 0.4) is 0 Å². The first kappa shape index (κ1) is 16.5. The number of benzene rings is 1. The number of carboxylic acids is 1. The molecule has 4 nitrogen and oxygen atoms in total. The summed E-state index contributed by atoms with van der Waals surface area (Å²) in [5, 5.41) is 9.13. The van der Waals surface area contributed by atoms with E-state index in [-0.39, 0.29) is 11.8 Å². The molecule has 1 aliphatic carbocycles. The Balaban J connectivity index is 1.82. The molecular formula is C18H22BrNO3. The average Bonchev–Trinajstić information content (AvgIpc) is 3.05. The summed E-state index contributed by atoms with van der Waals surface area (Å²) < 4.78 is 0.999. The lowest BCUT2D eigenvalue weighted by Crippen LogP contribution is -2.49. The number of likely N-dealkylation sites (tertiary alicyclic amines) is 1. The molecule has 0 radical (unpaired) electrons. The molecule has 0 spiro atoms. The van der Waals surface area contributed by atoms with E-state index in [2.05, 4.69) is 28.1 Å². The Bertz CT molecular complexity index is 602. The molecule has 2 fully saturated rings. The summed E-state index contributed by atoms with van der Waals surface area (Å²) >= 11 is 3.51. The Labute approximate surface area is 145 Å². The Morgan fingerprint density at radius 3 is 2.39 bits per heavy atom. The van der Waals surface area contributed by atoms with Crippen molar-refractivity contribution in [1.29, 1.82) is 0 Å². The molecule has 0 aromatic heterocycles. The van der Waals surface area contributed by atoms with Gasteiger partial charge in [-0.15, -0.1) is 0 Å². The van der Waals surface area contributed by atoms with Gasteiger partial charge in [0.05, 0.1) is 11.3 Å². The summed E-state index contributed by atoms with van der Waals surface area (Å²) in [5.41, 5.74) is 0.676. The van der Waals surface area contributed by atoms with Gasteiger partial charge in [-0.25, -0.2) is 0 Å². The Hall–Kier alpha value is -1.36. The van der Waals surface area contributed by atoms with E-state index in [0.29, 0.717) is 25.9 Å². The highest BCUT2D eigenvalue weighted by molar-refractivity contribution is 9.10. The van der Waals surface area contributed by atoms with Gasteiger partial charge in [0, 0.05) is 17.6 Å². The fourth-order valence-corrected chi connectivity index (χ4v) is 4.42. The quantitative estimate of drug-likeness (QED) is 0.872. The second-order valence-electron chi connectivity index (χ2n) is 6.70. The summed E-state index contributed by atoms with van der Waals surface area (Å²) in [6.07, 6.45) is 5.06. The molecule has 1 N–H and O–H groups in total. The van der Waals surface area contributed by atoms with Crippen LogP contribution in [0, 0.1) is 5.92 Å². The Kier molecular flexibility index (Phi) is 4.76. The third-order valence-corrected chi connectivity index (χ3v) is 5.87. The lowest BCUT2D eigenvalue weighted by Gasteiger charge is -2.38. The number of carbonyl (C=O) groups excluding carboxylic acids is 1. The van der Waals surface area contributed by atoms with E-state index >= 15 is 0 Å². The van der Waals surface area contributed by atoms with Gasteiger partial charge in [0.25, 0.3) is 0 Å². The minimum absolute atomic E-state index is 0.192. The largest absolute Gasteiger partial charge is 0.481 e. The molecular weight excluding hydrogens is 358 g/mol. The molecule has 1 aromatic carbocycles. The molecule has 2 aliphatic rings. The number of aliphatic carboxylic acids is 1. The highest BCUT2D eigenvalue weighted by Gasteiger charge is 2.45. The van der Waals surface area contributed by atoms with Crippen molar-refractivity contribution in [2.45, 2.75) is 43.9 Å². The maximum atomic E-state index is 13.3. The van der Waals surface area contributed by atoms with Gasteiger partial charge < -0.3 is 10.0 Å². The van der Waals surface area contributed by atoms with Crippen molar-refractivity contribution in [3.63, 3.8) is 0 Å². The van der Waals surface area contributed by atoms with Crippen molar-refractivity contribution in [2.24, 2.45) is 5.92 Å². The van der Waals surface area contributed by atoms with Gasteiger partial charge in [0.1, 0.15) is 0 Å². The van der Waals surface area contributed by atoms with Crippen molar-refractivity contribution < 1.29 is 14.7 Å². The fourth-order valence-electron chi connectivity index (χ4n) is 4.02. The molecule has 23 heavy (non-hydrogen) atoms. The predicted molar refractivity (Wildman–Crippen MR) is 91.2 cm³/mol. The normalized spacial score (nSPS) is 21.3. The third-order valence-electron chi connectivity index (χ3n) is 5.38. The predicted octanol–water partition coefficient (Wildman–Crippen LogP) is 3.58. The number of hydrogen-bond donors (Lipinski definition) is 1. The molecule has 5 heteroatoms. The van der Waals surface area contributed by atoms with E-state index in [4.69, 9.17) is 5.11 Å². The Morgan fingerprint density at radius 1 is 1.17 bits per heavy atom. The van der Waals surface area contributed by atoms with Crippen LogP contribution in [0.25, 0.3) is 0 Å². The molecule has 1 aliphatic heterocycles. The zero-order valence-electron chi connectivity index (χ0n) is 13.1. The van der Waals surface area contributed by atoms with Crippen LogP contribution in [0.15, 0.2) is 28.7 Å². The van der Waals surface area contributed by atoms with Gasteiger partial charge >= 0.3 is 5.97 Å². The van der Waals surface area contributed by atoms with Crippen LogP contribution in [0.5, 0.6) is 0 Å². The van der Waals surface area contributed by atoms with Gasteiger partial charge in [-0.2, -0.15) is 0 Å². The number of piperidine rings is 1. The van der Waals surface area contributed by atoms with Gasteiger partial charge in [-0.05, 0) is 43.4 Å². The van der Waals surface area contributed by atoms with Crippen LogP contribution in [-0.4, -0.2) is 35.0 Å². The van der Waals surface area contributed by atoms with Crippen LogP contribution in [0.1, 0.15) is 44.1 Å². The van der Waals surface area contributed by atoms with E-state index < -0.39 is 11.4 Å². The average molecular weight is 380 g/mol. The number of carboxylic acid groups (broad SMARTS) is 1. The van der Waals surface area contributed by atoms with Gasteiger partial charge in [0.15, 0.2) is 0 Å². The molecule has 1 amide bonds. The van der Waals surface area contributed by atoms with E-state index in [1.54, 1.807) is 0 Å². The molecule has 1 aromatic rings. The van der Waals surface area contributed by atoms with E-state index in [0.717, 1.165) is 35.7 Å². The maximum Gasteiger partial charge on any atom is 0.306 e. The molecule has 1 heterocycles. The zero-order valence-corrected chi connectivity index (χ0v) is 14.7. The number of carbonyl (C=O) groups is 2. The molecule has 0 bridgehead atoms. The monoisotopic (exact) mass is 379 g/mol. The highest BCUT2D eigenvalue weighted by atomic mass is 79.9. The zero-order chi connectivity index (χ0) is 16.4. The molecule has 1 saturated heterocycles. The smallest absolute Gasteiger partial charge is 0.306 e. The van der Waals surface area contributed by atoms with Crippen LogP contribution in [0.2, 0.25) is 0 Å². The fraction of sp³-hybridized carbons (Fsp3) is 0.556. The number of halogens is 1.